The van der Waals surface area contributed by atoms with Crippen LogP contribution < -0.4 is 5.32 Å². The summed E-state index contributed by atoms with van der Waals surface area (Å²) in [5.41, 5.74) is 0.00206. The normalized spacial score (nSPS) is 18.8. The first-order valence-electron chi connectivity index (χ1n) is 7.17. The van der Waals surface area contributed by atoms with Gasteiger partial charge < -0.3 is 10.4 Å². The van der Waals surface area contributed by atoms with Gasteiger partial charge in [-0.05, 0) is 18.2 Å². The average Bonchev–Trinajstić information content (AvgIpc) is 2.90. The molecule has 0 saturated carbocycles. The maximum absolute atomic E-state index is 12.2. The molecule has 0 spiro atoms. The molecule has 2 aromatic rings. The Morgan fingerprint density at radius 2 is 1.76 bits per heavy atom. The van der Waals surface area contributed by atoms with Crippen molar-refractivity contribution >= 4 is 39.1 Å². The molecule has 1 aliphatic rings. The molecule has 0 aliphatic carbocycles. The number of amides is 1. The lowest BCUT2D eigenvalue weighted by atomic mass is 9.95. The third kappa shape index (κ3) is 3.03. The van der Waals surface area contributed by atoms with Gasteiger partial charge in [-0.15, -0.1) is 0 Å². The third-order valence-corrected chi connectivity index (χ3v) is 4.36. The van der Waals surface area contributed by atoms with Crippen molar-refractivity contribution in [2.45, 2.75) is 6.04 Å². The molecule has 1 aliphatic heterocycles. The van der Waals surface area contributed by atoms with Gasteiger partial charge in [0, 0.05) is 16.1 Å². The summed E-state index contributed by atoms with van der Waals surface area (Å²) < 4.78 is 0.774. The van der Waals surface area contributed by atoms with E-state index in [4.69, 9.17) is 0 Å². The fraction of sp³-hybridized carbons (Fsp3) is 0.0588. The molecular formula is C17H11BrN2O5. The van der Waals surface area contributed by atoms with E-state index in [0.29, 0.717) is 5.56 Å². The van der Waals surface area contributed by atoms with Gasteiger partial charge in [0.1, 0.15) is 5.76 Å². The first-order chi connectivity index (χ1) is 11.9. The second-order valence-corrected chi connectivity index (χ2v) is 6.24. The molecule has 1 unspecified atom stereocenters. The molecule has 1 amide bonds. The van der Waals surface area contributed by atoms with Gasteiger partial charge in [-0.1, -0.05) is 40.2 Å². The van der Waals surface area contributed by atoms with Crippen LogP contribution in [0.4, 0.5) is 5.69 Å². The SMILES string of the molecule is O=C1NC(c2ccccc2[N+](=O)[O-])/C(=C(/O)c2ccc(Br)cc2)C1=O. The van der Waals surface area contributed by atoms with Crippen molar-refractivity contribution in [2.75, 3.05) is 0 Å². The molecule has 1 saturated heterocycles. The number of rotatable bonds is 3. The monoisotopic (exact) mass is 402 g/mol. The number of hydrogen-bond donors (Lipinski definition) is 2. The van der Waals surface area contributed by atoms with Crippen molar-refractivity contribution in [3.8, 4) is 0 Å². The van der Waals surface area contributed by atoms with Crippen LogP contribution in [0.1, 0.15) is 17.2 Å². The lowest BCUT2D eigenvalue weighted by Crippen LogP contribution is -2.21. The predicted molar refractivity (Wildman–Crippen MR) is 92.7 cm³/mol. The zero-order valence-corrected chi connectivity index (χ0v) is 14.2. The second kappa shape index (κ2) is 6.48. The number of carbonyl (C=O) groups is 2. The van der Waals surface area contributed by atoms with Crippen molar-refractivity contribution in [2.24, 2.45) is 0 Å². The fourth-order valence-corrected chi connectivity index (χ4v) is 2.93. The number of nitro benzene ring substituents is 1. The number of benzene rings is 2. The maximum Gasteiger partial charge on any atom is 0.293 e. The van der Waals surface area contributed by atoms with Crippen LogP contribution in [0.2, 0.25) is 0 Å². The van der Waals surface area contributed by atoms with E-state index in [-0.39, 0.29) is 22.6 Å². The standard InChI is InChI=1S/C17H11BrN2O5/c18-10-7-5-9(6-8-10)15(21)13-14(19-17(23)16(13)22)11-3-1-2-4-12(11)20(24)25/h1-8,14,21H,(H,19,23)/b15-13-. The van der Waals surface area contributed by atoms with E-state index in [0.717, 1.165) is 4.47 Å². The summed E-state index contributed by atoms with van der Waals surface area (Å²) >= 11 is 3.27. The summed E-state index contributed by atoms with van der Waals surface area (Å²) in [6.45, 7) is 0. The summed E-state index contributed by atoms with van der Waals surface area (Å²) in [7, 11) is 0. The summed E-state index contributed by atoms with van der Waals surface area (Å²) in [6, 6.07) is 11.1. The van der Waals surface area contributed by atoms with Gasteiger partial charge in [0.25, 0.3) is 17.4 Å². The molecule has 0 aromatic heterocycles. The largest absolute Gasteiger partial charge is 0.507 e. The van der Waals surface area contributed by atoms with E-state index < -0.39 is 22.7 Å². The van der Waals surface area contributed by atoms with Crippen molar-refractivity contribution < 1.29 is 19.6 Å². The van der Waals surface area contributed by atoms with Gasteiger partial charge in [-0.3, -0.25) is 19.7 Å². The molecule has 8 heteroatoms. The van der Waals surface area contributed by atoms with Gasteiger partial charge >= 0.3 is 0 Å². The number of nitrogens with zero attached hydrogens (tertiary/aromatic N) is 1. The molecule has 3 rings (SSSR count). The zero-order valence-electron chi connectivity index (χ0n) is 12.6. The summed E-state index contributed by atoms with van der Waals surface area (Å²) in [5.74, 6) is -2.22. The molecule has 126 valence electrons. The van der Waals surface area contributed by atoms with E-state index in [1.165, 1.54) is 18.2 Å². The van der Waals surface area contributed by atoms with Crippen LogP contribution in [0.3, 0.4) is 0 Å². The highest BCUT2D eigenvalue weighted by molar-refractivity contribution is 9.10. The third-order valence-electron chi connectivity index (χ3n) is 3.83. The minimum Gasteiger partial charge on any atom is -0.507 e. The molecule has 0 bridgehead atoms. The number of carbonyl (C=O) groups excluding carboxylic acids is 2. The molecule has 7 nitrogen and oxygen atoms in total. The van der Waals surface area contributed by atoms with Gasteiger partial charge in [0.15, 0.2) is 0 Å². The first kappa shape index (κ1) is 16.8. The molecule has 2 N–H and O–H groups in total. The predicted octanol–water partition coefficient (Wildman–Crippen LogP) is 3.07. The minimum atomic E-state index is -1.09. The Labute approximate surface area is 150 Å². The maximum atomic E-state index is 12.2. The average molecular weight is 403 g/mol. The van der Waals surface area contributed by atoms with E-state index in [1.54, 1.807) is 30.3 Å². The highest BCUT2D eigenvalue weighted by Crippen LogP contribution is 2.36. The van der Waals surface area contributed by atoms with E-state index in [1.807, 2.05) is 0 Å². The van der Waals surface area contributed by atoms with Crippen LogP contribution in [0.15, 0.2) is 58.6 Å². The number of nitrogens with one attached hydrogen (secondary N) is 1. The van der Waals surface area contributed by atoms with Gasteiger partial charge in [0.05, 0.1) is 22.1 Å². The lowest BCUT2D eigenvalue weighted by molar-refractivity contribution is -0.385. The molecule has 0 radical (unpaired) electrons. The van der Waals surface area contributed by atoms with Gasteiger partial charge in [-0.2, -0.15) is 0 Å². The van der Waals surface area contributed by atoms with Crippen molar-refractivity contribution in [3.63, 3.8) is 0 Å². The quantitative estimate of drug-likeness (QED) is 0.269. The van der Waals surface area contributed by atoms with Crippen LogP contribution in [0, 0.1) is 10.1 Å². The highest BCUT2D eigenvalue weighted by atomic mass is 79.9. The van der Waals surface area contributed by atoms with E-state index in [9.17, 15) is 24.8 Å². The summed E-state index contributed by atoms with van der Waals surface area (Å²) in [6.07, 6.45) is 0. The highest BCUT2D eigenvalue weighted by Gasteiger charge is 2.42. The fourth-order valence-electron chi connectivity index (χ4n) is 2.66. The number of para-hydroxylation sites is 1. The Balaban J connectivity index is 2.18. The lowest BCUT2D eigenvalue weighted by Gasteiger charge is -2.13. The molecule has 1 heterocycles. The van der Waals surface area contributed by atoms with E-state index >= 15 is 0 Å². The van der Waals surface area contributed by atoms with Gasteiger partial charge in [0.2, 0.25) is 0 Å². The number of aliphatic hydroxyl groups excluding tert-OH is 1. The minimum absolute atomic E-state index is 0.130. The smallest absolute Gasteiger partial charge is 0.293 e. The topological polar surface area (TPSA) is 110 Å². The number of ketones is 1. The first-order valence-corrected chi connectivity index (χ1v) is 7.97. The Hall–Kier alpha value is -3.00. The Morgan fingerprint density at radius 3 is 2.40 bits per heavy atom. The summed E-state index contributed by atoms with van der Waals surface area (Å²) in [5, 5.41) is 24.2. The Morgan fingerprint density at radius 1 is 1.12 bits per heavy atom. The van der Waals surface area contributed by atoms with Crippen molar-refractivity contribution in [1.29, 1.82) is 0 Å². The molecule has 25 heavy (non-hydrogen) atoms. The van der Waals surface area contributed by atoms with Crippen LogP contribution in [0.25, 0.3) is 5.76 Å². The second-order valence-electron chi connectivity index (χ2n) is 5.32. The van der Waals surface area contributed by atoms with Crippen LogP contribution in [-0.2, 0) is 9.59 Å². The van der Waals surface area contributed by atoms with Crippen LogP contribution in [-0.4, -0.2) is 21.7 Å². The van der Waals surface area contributed by atoms with Crippen LogP contribution in [0.5, 0.6) is 0 Å². The molecule has 1 fully saturated rings. The van der Waals surface area contributed by atoms with Crippen molar-refractivity contribution in [1.82, 2.24) is 5.32 Å². The molecule has 1 atom stereocenters. The van der Waals surface area contributed by atoms with Crippen LogP contribution >= 0.6 is 15.9 Å². The Bertz CT molecular complexity index is 921. The number of Topliss-reactive ketones (excluding diaryl/α,β-unsaturated/α-hetero) is 1. The number of hydrogen-bond acceptors (Lipinski definition) is 5. The molecule has 2 aromatic carbocycles. The molecular weight excluding hydrogens is 392 g/mol. The number of aliphatic hydroxyl groups is 1. The number of nitro groups is 1. The zero-order chi connectivity index (χ0) is 18.1. The number of halogens is 1. The van der Waals surface area contributed by atoms with E-state index in [2.05, 4.69) is 21.2 Å². The summed E-state index contributed by atoms with van der Waals surface area (Å²) in [4.78, 5) is 34.7. The Kier molecular flexibility index (Phi) is 4.37. The van der Waals surface area contributed by atoms with Gasteiger partial charge in [-0.25, -0.2) is 0 Å². The van der Waals surface area contributed by atoms with Crippen molar-refractivity contribution in [3.05, 3.63) is 79.8 Å².